The van der Waals surface area contributed by atoms with Crippen LogP contribution in [0.2, 0.25) is 5.02 Å². The van der Waals surface area contributed by atoms with Gasteiger partial charge in [-0.2, -0.15) is 0 Å². The van der Waals surface area contributed by atoms with Gasteiger partial charge in [0.25, 0.3) is 0 Å². The highest BCUT2D eigenvalue weighted by molar-refractivity contribution is 6.32. The number of ether oxygens (including phenoxy) is 2. The first kappa shape index (κ1) is 28.3. The van der Waals surface area contributed by atoms with Crippen LogP contribution in [-0.2, 0) is 20.9 Å². The maximum absolute atomic E-state index is 14.4. The highest BCUT2D eigenvalue weighted by Gasteiger charge is 2.41. The quantitative estimate of drug-likeness (QED) is 0.536. The topological polar surface area (TPSA) is 71.1 Å². The number of rotatable bonds is 8. The number of morpholine rings is 1. The number of likely N-dealkylation sites (tertiary alicyclic amines) is 1. The molecule has 2 aromatic carbocycles. The van der Waals surface area contributed by atoms with E-state index in [0.29, 0.717) is 55.7 Å². The van der Waals surface area contributed by atoms with Crippen LogP contribution in [0, 0.1) is 19.7 Å². The van der Waals surface area contributed by atoms with Gasteiger partial charge in [-0.25, -0.2) is 4.39 Å². The minimum absolute atomic E-state index is 0.00826. The van der Waals surface area contributed by atoms with E-state index in [-0.39, 0.29) is 36.7 Å². The number of nitrogens with one attached hydrogen (secondary N) is 1. The second kappa shape index (κ2) is 12.5. The van der Waals surface area contributed by atoms with Crippen LogP contribution in [0.5, 0.6) is 5.75 Å². The zero-order valence-corrected chi connectivity index (χ0v) is 23.2. The third-order valence-electron chi connectivity index (χ3n) is 7.32. The molecule has 206 valence electrons. The van der Waals surface area contributed by atoms with Crippen molar-refractivity contribution in [1.82, 2.24) is 15.1 Å². The predicted octanol–water partition coefficient (Wildman–Crippen LogP) is 4.26. The first-order chi connectivity index (χ1) is 18.1. The van der Waals surface area contributed by atoms with E-state index in [0.717, 1.165) is 24.0 Å². The molecule has 38 heavy (non-hydrogen) atoms. The molecule has 7 nitrogen and oxygen atoms in total. The second-order valence-electron chi connectivity index (χ2n) is 10.5. The van der Waals surface area contributed by atoms with Crippen molar-refractivity contribution in [3.63, 3.8) is 0 Å². The average Bonchev–Trinajstić information content (AvgIpc) is 2.87. The number of carbonyl (C=O) groups excluding carboxylic acids is 2. The Kier molecular flexibility index (Phi) is 9.28. The lowest BCUT2D eigenvalue weighted by molar-refractivity contribution is -0.157. The Labute approximate surface area is 229 Å². The molecule has 0 unspecified atom stereocenters. The Balaban J connectivity index is 1.49. The van der Waals surface area contributed by atoms with Crippen LogP contribution in [0.1, 0.15) is 42.9 Å². The third kappa shape index (κ3) is 7.24. The molecular formula is C29H37ClFN3O4. The number of benzene rings is 2. The lowest BCUT2D eigenvalue weighted by atomic mass is 9.95. The summed E-state index contributed by atoms with van der Waals surface area (Å²) in [5.74, 6) is 0.364. The highest BCUT2D eigenvalue weighted by Crippen LogP contribution is 2.30. The maximum atomic E-state index is 14.4. The average molecular weight is 546 g/mol. The van der Waals surface area contributed by atoms with Crippen molar-refractivity contribution in [3.8, 4) is 5.75 Å². The third-order valence-corrected chi connectivity index (χ3v) is 7.92. The maximum Gasteiger partial charge on any atom is 0.225 e. The van der Waals surface area contributed by atoms with Crippen molar-refractivity contribution in [2.75, 3.05) is 39.4 Å². The summed E-state index contributed by atoms with van der Waals surface area (Å²) in [6, 6.07) is 10.6. The normalized spacial score (nSPS) is 20.8. The van der Waals surface area contributed by atoms with E-state index in [4.69, 9.17) is 21.1 Å². The molecule has 9 heteroatoms. The lowest BCUT2D eigenvalue weighted by Gasteiger charge is -2.43. The molecule has 1 N–H and O–H groups in total. The lowest BCUT2D eigenvalue weighted by Crippen LogP contribution is -2.57. The molecule has 4 rings (SSSR count). The Morgan fingerprint density at radius 2 is 1.84 bits per heavy atom. The van der Waals surface area contributed by atoms with E-state index in [2.05, 4.69) is 10.2 Å². The van der Waals surface area contributed by atoms with Crippen molar-refractivity contribution < 1.29 is 23.5 Å². The van der Waals surface area contributed by atoms with Gasteiger partial charge >= 0.3 is 0 Å². The predicted molar refractivity (Wildman–Crippen MR) is 145 cm³/mol. The largest absolute Gasteiger partial charge is 0.490 e. The minimum atomic E-state index is -0.892. The standard InChI is InChI=1S/C29H37ClFN3O4/c1-20-14-25(15-21(2)28(20)30)37-19-29(16-27(36)34-10-8-24(9-11-34)32-22(3)35)18-33(12-13-38-29)17-23-6-4-5-7-26(23)31/h4-7,14-15,24H,8-13,16-19H2,1-3H3,(H,32,35)/t29-/m0/s1. The van der Waals surface area contributed by atoms with Crippen molar-refractivity contribution in [1.29, 1.82) is 0 Å². The summed E-state index contributed by atoms with van der Waals surface area (Å²) >= 11 is 6.34. The van der Waals surface area contributed by atoms with Gasteiger partial charge in [-0.15, -0.1) is 0 Å². The first-order valence-electron chi connectivity index (χ1n) is 13.2. The molecule has 0 radical (unpaired) electrons. The number of hydrogen-bond acceptors (Lipinski definition) is 5. The number of nitrogens with zero attached hydrogens (tertiary/aromatic N) is 2. The molecule has 2 fully saturated rings. The van der Waals surface area contributed by atoms with Gasteiger partial charge in [0.15, 0.2) is 0 Å². The van der Waals surface area contributed by atoms with E-state index < -0.39 is 5.60 Å². The molecule has 0 spiro atoms. The molecule has 2 amide bonds. The summed E-state index contributed by atoms with van der Waals surface area (Å²) in [4.78, 5) is 28.9. The van der Waals surface area contributed by atoms with Crippen molar-refractivity contribution in [2.45, 2.75) is 58.2 Å². The minimum Gasteiger partial charge on any atom is -0.490 e. The van der Waals surface area contributed by atoms with Crippen molar-refractivity contribution in [2.24, 2.45) is 0 Å². The SMILES string of the molecule is CC(=O)NC1CCN(C(=O)C[C@@]2(COc3cc(C)c(Cl)c(C)c3)CN(Cc3ccccc3F)CCO2)CC1. The molecule has 0 aliphatic carbocycles. The number of carbonyl (C=O) groups is 2. The van der Waals surface area contributed by atoms with E-state index in [1.807, 2.05) is 36.9 Å². The van der Waals surface area contributed by atoms with Gasteiger partial charge in [0.05, 0.1) is 13.0 Å². The number of piperidine rings is 1. The van der Waals surface area contributed by atoms with Crippen LogP contribution < -0.4 is 10.1 Å². The second-order valence-corrected chi connectivity index (χ2v) is 10.9. The fourth-order valence-electron chi connectivity index (χ4n) is 5.32. The number of halogens is 2. The van der Waals surface area contributed by atoms with Gasteiger partial charge in [0, 0.05) is 56.3 Å². The fourth-order valence-corrected chi connectivity index (χ4v) is 5.43. The van der Waals surface area contributed by atoms with Crippen molar-refractivity contribution in [3.05, 3.63) is 63.9 Å². The monoisotopic (exact) mass is 545 g/mol. The van der Waals surface area contributed by atoms with Crippen LogP contribution in [0.4, 0.5) is 4.39 Å². The zero-order chi connectivity index (χ0) is 27.3. The van der Waals surface area contributed by atoms with Gasteiger partial charge in [0.2, 0.25) is 11.8 Å². The van der Waals surface area contributed by atoms with Crippen LogP contribution in [-0.4, -0.2) is 72.6 Å². The molecule has 2 aliphatic rings. The smallest absolute Gasteiger partial charge is 0.225 e. The van der Waals surface area contributed by atoms with E-state index in [9.17, 15) is 14.0 Å². The van der Waals surface area contributed by atoms with Crippen LogP contribution >= 0.6 is 11.6 Å². The Morgan fingerprint density at radius 1 is 1.16 bits per heavy atom. The molecule has 0 saturated carbocycles. The van der Waals surface area contributed by atoms with E-state index in [1.54, 1.807) is 12.1 Å². The highest BCUT2D eigenvalue weighted by atomic mass is 35.5. The number of hydrogen-bond donors (Lipinski definition) is 1. The molecule has 2 saturated heterocycles. The Hall–Kier alpha value is -2.68. The first-order valence-corrected chi connectivity index (χ1v) is 13.6. The zero-order valence-electron chi connectivity index (χ0n) is 22.4. The summed E-state index contributed by atoms with van der Waals surface area (Å²) in [6.07, 6.45) is 1.59. The molecule has 2 heterocycles. The molecule has 2 aliphatic heterocycles. The van der Waals surface area contributed by atoms with Gasteiger partial charge < -0.3 is 19.7 Å². The molecule has 1 atom stereocenters. The number of aryl methyl sites for hydroxylation is 2. The Bertz CT molecular complexity index is 1130. The van der Waals surface area contributed by atoms with Crippen molar-refractivity contribution >= 4 is 23.4 Å². The summed E-state index contributed by atoms with van der Waals surface area (Å²) in [5.41, 5.74) is 1.55. The van der Waals surface area contributed by atoms with Crippen LogP contribution in [0.3, 0.4) is 0 Å². The van der Waals surface area contributed by atoms with Gasteiger partial charge in [-0.3, -0.25) is 14.5 Å². The summed E-state index contributed by atoms with van der Waals surface area (Å²) in [7, 11) is 0. The molecule has 0 aromatic heterocycles. The van der Waals surface area contributed by atoms with Gasteiger partial charge in [0.1, 0.15) is 23.8 Å². The molecule has 0 bridgehead atoms. The summed E-state index contributed by atoms with van der Waals surface area (Å²) < 4.78 is 26.9. The van der Waals surface area contributed by atoms with Gasteiger partial charge in [-0.1, -0.05) is 29.8 Å². The van der Waals surface area contributed by atoms with Crippen LogP contribution in [0.25, 0.3) is 0 Å². The van der Waals surface area contributed by atoms with Crippen LogP contribution in [0.15, 0.2) is 36.4 Å². The number of amides is 2. The van der Waals surface area contributed by atoms with E-state index in [1.165, 1.54) is 13.0 Å². The van der Waals surface area contributed by atoms with E-state index >= 15 is 0 Å². The summed E-state index contributed by atoms with van der Waals surface area (Å²) in [5, 5.41) is 3.65. The Morgan fingerprint density at radius 3 is 2.50 bits per heavy atom. The van der Waals surface area contributed by atoms with Gasteiger partial charge in [-0.05, 0) is 56.0 Å². The molecule has 2 aromatic rings. The summed E-state index contributed by atoms with van der Waals surface area (Å²) in [6.45, 7) is 8.60. The molecular weight excluding hydrogens is 509 g/mol. The fraction of sp³-hybridized carbons (Fsp3) is 0.517.